The molecule has 0 aliphatic carbocycles. The van der Waals surface area contributed by atoms with E-state index in [9.17, 15) is 17.6 Å². The molecule has 3 rings (SSSR count). The largest absolute Gasteiger partial charge is 0.433 e. The number of halogens is 5. The molecule has 1 aromatic heterocycles. The number of nitrogens with zero attached hydrogens (tertiary/aromatic N) is 4. The first-order valence-corrected chi connectivity index (χ1v) is 7.29. The quantitative estimate of drug-likeness (QED) is 0.668. The fourth-order valence-electron chi connectivity index (χ4n) is 2.19. The van der Waals surface area contributed by atoms with Crippen LogP contribution >= 0.6 is 11.8 Å². The number of benzene rings is 1. The highest BCUT2D eigenvalue weighted by Crippen LogP contribution is 2.31. The summed E-state index contributed by atoms with van der Waals surface area (Å²) in [5.74, 6) is -0.552. The fourth-order valence-corrected chi connectivity index (χ4v) is 2.39. The summed E-state index contributed by atoms with van der Waals surface area (Å²) >= 11 is 5.83. The zero-order valence-corrected chi connectivity index (χ0v) is 12.9. The number of rotatable bonds is 3. The number of anilines is 3. The Bertz CT molecular complexity index is 722. The van der Waals surface area contributed by atoms with Gasteiger partial charge in [-0.15, -0.1) is 0 Å². The lowest BCUT2D eigenvalue weighted by molar-refractivity contribution is -0.141. The van der Waals surface area contributed by atoms with Crippen LogP contribution in [0.15, 0.2) is 30.3 Å². The van der Waals surface area contributed by atoms with E-state index in [0.29, 0.717) is 18.8 Å². The van der Waals surface area contributed by atoms with Crippen LogP contribution in [0.4, 0.5) is 35.0 Å². The average Bonchev–Trinajstić information content (AvgIpc) is 2.95. The van der Waals surface area contributed by atoms with E-state index in [4.69, 9.17) is 11.8 Å². The van der Waals surface area contributed by atoms with Crippen molar-refractivity contribution in [1.29, 1.82) is 0 Å². The number of nitrogens with one attached hydrogen (secondary N) is 1. The highest BCUT2D eigenvalue weighted by molar-refractivity contribution is 6.13. The van der Waals surface area contributed by atoms with Crippen molar-refractivity contribution in [3.63, 3.8) is 0 Å². The van der Waals surface area contributed by atoms with Gasteiger partial charge in [-0.1, -0.05) is 0 Å². The highest BCUT2D eigenvalue weighted by Gasteiger charge is 2.35. The van der Waals surface area contributed by atoms with E-state index in [1.165, 1.54) is 33.6 Å². The minimum Gasteiger partial charge on any atom is -0.340 e. The second-order valence-corrected chi connectivity index (χ2v) is 5.64. The summed E-state index contributed by atoms with van der Waals surface area (Å²) in [5, 5.41) is 2.73. The molecule has 128 valence electrons. The molecule has 0 unspecified atom stereocenters. The van der Waals surface area contributed by atoms with Gasteiger partial charge in [0.1, 0.15) is 11.6 Å². The Morgan fingerprint density at radius 1 is 1.08 bits per heavy atom. The van der Waals surface area contributed by atoms with Crippen LogP contribution in [0.1, 0.15) is 5.69 Å². The van der Waals surface area contributed by atoms with E-state index in [-0.39, 0.29) is 18.4 Å². The first-order chi connectivity index (χ1) is 11.3. The molecule has 0 radical (unpaired) electrons. The zero-order chi connectivity index (χ0) is 17.3. The molecule has 0 amide bonds. The van der Waals surface area contributed by atoms with Gasteiger partial charge in [-0.2, -0.15) is 22.6 Å². The Labute approximate surface area is 140 Å². The van der Waals surface area contributed by atoms with Crippen molar-refractivity contribution < 1.29 is 17.6 Å². The highest BCUT2D eigenvalue weighted by atomic mass is 35.5. The lowest BCUT2D eigenvalue weighted by Crippen LogP contribution is -2.24. The van der Waals surface area contributed by atoms with E-state index >= 15 is 0 Å². The van der Waals surface area contributed by atoms with Gasteiger partial charge < -0.3 is 10.2 Å². The van der Waals surface area contributed by atoms with Crippen molar-refractivity contribution in [2.75, 3.05) is 30.0 Å². The topological polar surface area (TPSA) is 44.3 Å². The summed E-state index contributed by atoms with van der Waals surface area (Å²) < 4.78 is 53.6. The Morgan fingerprint density at radius 3 is 2.38 bits per heavy atom. The molecule has 0 spiro atoms. The third-order valence-corrected chi connectivity index (χ3v) is 3.62. The SMILES string of the molecule is Fc1ccc(Nc2cc(C(F)(F)F)nc(N3CCN(Cl)C3)n2)cc1. The summed E-state index contributed by atoms with van der Waals surface area (Å²) in [6.07, 6.45) is -4.61. The summed E-state index contributed by atoms with van der Waals surface area (Å²) in [6, 6.07) is 6.00. The fraction of sp³-hybridized carbons (Fsp3) is 0.286. The molecule has 2 aromatic rings. The van der Waals surface area contributed by atoms with Gasteiger partial charge >= 0.3 is 6.18 Å². The Kier molecular flexibility index (Phi) is 4.46. The first-order valence-electron chi connectivity index (χ1n) is 6.96. The van der Waals surface area contributed by atoms with Crippen molar-refractivity contribution in [2.24, 2.45) is 0 Å². The second kappa shape index (κ2) is 6.40. The Hall–Kier alpha value is -2.13. The van der Waals surface area contributed by atoms with Gasteiger partial charge in [0.2, 0.25) is 5.95 Å². The van der Waals surface area contributed by atoms with Crippen LogP contribution in [-0.2, 0) is 6.18 Å². The van der Waals surface area contributed by atoms with Crippen LogP contribution in [0.2, 0.25) is 0 Å². The van der Waals surface area contributed by atoms with Crippen LogP contribution in [0.3, 0.4) is 0 Å². The monoisotopic (exact) mass is 361 g/mol. The molecule has 1 fully saturated rings. The third-order valence-electron chi connectivity index (χ3n) is 3.34. The van der Waals surface area contributed by atoms with Gasteiger partial charge in [0.15, 0.2) is 5.69 Å². The maximum Gasteiger partial charge on any atom is 0.433 e. The van der Waals surface area contributed by atoms with Crippen LogP contribution < -0.4 is 10.2 Å². The van der Waals surface area contributed by atoms with Gasteiger partial charge in [0.25, 0.3) is 0 Å². The van der Waals surface area contributed by atoms with E-state index in [1.807, 2.05) is 0 Å². The first kappa shape index (κ1) is 16.7. The molecular weight excluding hydrogens is 350 g/mol. The predicted molar refractivity (Wildman–Crippen MR) is 81.5 cm³/mol. The molecule has 2 heterocycles. The van der Waals surface area contributed by atoms with E-state index in [0.717, 1.165) is 6.07 Å². The molecular formula is C14H12ClF4N5. The van der Waals surface area contributed by atoms with Gasteiger partial charge in [0, 0.05) is 24.8 Å². The molecule has 1 aromatic carbocycles. The third kappa shape index (κ3) is 3.85. The molecule has 0 atom stereocenters. The molecule has 24 heavy (non-hydrogen) atoms. The van der Waals surface area contributed by atoms with Crippen LogP contribution in [0.5, 0.6) is 0 Å². The Balaban J connectivity index is 1.93. The summed E-state index contributed by atoms with van der Waals surface area (Å²) in [7, 11) is 0. The lowest BCUT2D eigenvalue weighted by Gasteiger charge is -2.18. The zero-order valence-electron chi connectivity index (χ0n) is 12.2. The maximum atomic E-state index is 13.1. The minimum absolute atomic E-state index is 0.0352. The van der Waals surface area contributed by atoms with Crippen LogP contribution in [0.25, 0.3) is 0 Å². The standard InChI is InChI=1S/C14H12ClF4N5/c15-24-6-5-23(8-24)13-21-11(14(17,18)19)7-12(22-13)20-10-3-1-9(16)2-4-10/h1-4,7H,5-6,8H2,(H,20,21,22). The van der Waals surface area contributed by atoms with Gasteiger partial charge in [-0.05, 0) is 36.0 Å². The average molecular weight is 362 g/mol. The van der Waals surface area contributed by atoms with E-state index in [2.05, 4.69) is 15.3 Å². The maximum absolute atomic E-state index is 13.1. The van der Waals surface area contributed by atoms with Gasteiger partial charge in [-0.25, -0.2) is 9.37 Å². The van der Waals surface area contributed by atoms with Crippen LogP contribution in [0, 0.1) is 5.82 Å². The smallest absolute Gasteiger partial charge is 0.340 e. The number of aromatic nitrogens is 2. The molecule has 0 saturated carbocycles. The van der Waals surface area contributed by atoms with Gasteiger partial charge in [0.05, 0.1) is 6.67 Å². The second-order valence-electron chi connectivity index (χ2n) is 5.16. The summed E-state index contributed by atoms with van der Waals surface area (Å²) in [5.41, 5.74) is -0.653. The lowest BCUT2D eigenvalue weighted by atomic mass is 10.3. The van der Waals surface area contributed by atoms with E-state index < -0.39 is 17.7 Å². The molecule has 1 saturated heterocycles. The number of hydrogen-bond acceptors (Lipinski definition) is 5. The van der Waals surface area contributed by atoms with Gasteiger partial charge in [-0.3, -0.25) is 0 Å². The summed E-state index contributed by atoms with van der Waals surface area (Å²) in [4.78, 5) is 9.23. The number of alkyl halides is 3. The predicted octanol–water partition coefficient (Wildman–Crippen LogP) is 3.61. The minimum atomic E-state index is -4.61. The molecule has 1 aliphatic heterocycles. The molecule has 5 nitrogen and oxygen atoms in total. The molecule has 0 bridgehead atoms. The van der Waals surface area contributed by atoms with Crippen molar-refractivity contribution in [3.8, 4) is 0 Å². The molecule has 1 aliphatic rings. The van der Waals surface area contributed by atoms with Crippen molar-refractivity contribution in [3.05, 3.63) is 41.8 Å². The molecule has 1 N–H and O–H groups in total. The van der Waals surface area contributed by atoms with Crippen molar-refractivity contribution in [2.45, 2.75) is 6.18 Å². The van der Waals surface area contributed by atoms with Crippen LogP contribution in [-0.4, -0.2) is 34.1 Å². The Morgan fingerprint density at radius 2 is 1.79 bits per heavy atom. The number of hydrogen-bond donors (Lipinski definition) is 1. The van der Waals surface area contributed by atoms with E-state index in [1.54, 1.807) is 0 Å². The van der Waals surface area contributed by atoms with Crippen molar-refractivity contribution >= 4 is 29.2 Å². The normalized spacial score (nSPS) is 15.8. The summed E-state index contributed by atoms with van der Waals surface area (Å²) in [6.45, 7) is 1.13. The van der Waals surface area contributed by atoms with Crippen molar-refractivity contribution in [1.82, 2.24) is 14.4 Å². The molecule has 10 heteroatoms.